The quantitative estimate of drug-likeness (QED) is 0.758. The van der Waals surface area contributed by atoms with E-state index >= 15 is 0 Å². The van der Waals surface area contributed by atoms with Gasteiger partial charge in [-0.3, -0.25) is 9.58 Å². The van der Waals surface area contributed by atoms with Gasteiger partial charge >= 0.3 is 0 Å². The minimum Gasteiger partial charge on any atom is -0.376 e. The van der Waals surface area contributed by atoms with E-state index in [1.54, 1.807) is 6.07 Å². The van der Waals surface area contributed by atoms with Gasteiger partial charge in [0, 0.05) is 39.0 Å². The van der Waals surface area contributed by atoms with Crippen LogP contribution < -0.4 is 0 Å². The molecule has 0 spiro atoms. The average Bonchev–Trinajstić information content (AvgIpc) is 3.25. The van der Waals surface area contributed by atoms with Gasteiger partial charge in [0.05, 0.1) is 12.3 Å². The van der Waals surface area contributed by atoms with Crippen LogP contribution in [-0.2, 0) is 24.8 Å². The summed E-state index contributed by atoms with van der Waals surface area (Å²) in [7, 11) is 1.91. The standard InChI is InChI=1S/C20H25F2N3O/c1-24-11-16(10-23-24)9-19-20(26-13-14-2-3-14)6-7-25(19)12-15-4-5-17(21)18(22)8-15/h4-5,8,10-11,14,19-20H,2-3,6-7,9,12-13H2,1H3/t19-,20+/m0/s1. The molecule has 2 aromatic rings. The van der Waals surface area contributed by atoms with E-state index in [0.29, 0.717) is 6.54 Å². The molecule has 26 heavy (non-hydrogen) atoms. The maximum absolute atomic E-state index is 13.6. The van der Waals surface area contributed by atoms with E-state index in [-0.39, 0.29) is 12.1 Å². The molecule has 1 aliphatic carbocycles. The lowest BCUT2D eigenvalue weighted by Crippen LogP contribution is -2.38. The van der Waals surface area contributed by atoms with Crippen molar-refractivity contribution in [3.63, 3.8) is 0 Å². The van der Waals surface area contributed by atoms with Crippen molar-refractivity contribution in [3.8, 4) is 0 Å². The van der Waals surface area contributed by atoms with E-state index in [4.69, 9.17) is 4.74 Å². The van der Waals surface area contributed by atoms with Crippen molar-refractivity contribution in [1.82, 2.24) is 14.7 Å². The third-order valence-corrected chi connectivity index (χ3v) is 5.41. The third kappa shape index (κ3) is 4.13. The molecule has 2 atom stereocenters. The van der Waals surface area contributed by atoms with E-state index in [1.807, 2.05) is 24.1 Å². The van der Waals surface area contributed by atoms with Crippen molar-refractivity contribution in [2.75, 3.05) is 13.2 Å². The largest absolute Gasteiger partial charge is 0.376 e. The van der Waals surface area contributed by atoms with Crippen LogP contribution >= 0.6 is 0 Å². The predicted molar refractivity (Wildman–Crippen MR) is 94.5 cm³/mol. The molecule has 6 heteroatoms. The van der Waals surface area contributed by atoms with Crippen LogP contribution in [-0.4, -0.2) is 40.0 Å². The molecule has 140 valence electrons. The van der Waals surface area contributed by atoms with E-state index < -0.39 is 11.6 Å². The highest BCUT2D eigenvalue weighted by atomic mass is 19.2. The number of benzene rings is 1. The monoisotopic (exact) mass is 361 g/mol. The Morgan fingerprint density at radius 1 is 1.15 bits per heavy atom. The van der Waals surface area contributed by atoms with Gasteiger partial charge in [0.25, 0.3) is 0 Å². The van der Waals surface area contributed by atoms with Crippen molar-refractivity contribution in [2.45, 2.75) is 44.4 Å². The normalized spacial score (nSPS) is 23.7. The van der Waals surface area contributed by atoms with Crippen LogP contribution in [0.5, 0.6) is 0 Å². The molecular weight excluding hydrogens is 336 g/mol. The molecule has 2 aliphatic rings. The lowest BCUT2D eigenvalue weighted by molar-refractivity contribution is 0.0196. The highest BCUT2D eigenvalue weighted by Crippen LogP contribution is 2.32. The lowest BCUT2D eigenvalue weighted by Gasteiger charge is -2.28. The zero-order valence-electron chi connectivity index (χ0n) is 15.1. The molecule has 0 radical (unpaired) electrons. The second-order valence-corrected chi connectivity index (χ2v) is 7.62. The van der Waals surface area contributed by atoms with Crippen LogP contribution in [0.25, 0.3) is 0 Å². The van der Waals surface area contributed by atoms with Crippen molar-refractivity contribution >= 4 is 0 Å². The first-order valence-corrected chi connectivity index (χ1v) is 9.35. The summed E-state index contributed by atoms with van der Waals surface area (Å²) >= 11 is 0. The Balaban J connectivity index is 1.47. The van der Waals surface area contributed by atoms with Gasteiger partial charge in [-0.1, -0.05) is 6.07 Å². The Morgan fingerprint density at radius 2 is 2.00 bits per heavy atom. The minimum absolute atomic E-state index is 0.182. The van der Waals surface area contributed by atoms with Crippen molar-refractivity contribution < 1.29 is 13.5 Å². The Hall–Kier alpha value is -1.79. The van der Waals surface area contributed by atoms with Crippen molar-refractivity contribution in [2.24, 2.45) is 13.0 Å². The van der Waals surface area contributed by atoms with Gasteiger partial charge in [-0.15, -0.1) is 0 Å². The molecule has 4 nitrogen and oxygen atoms in total. The molecule has 0 N–H and O–H groups in total. The molecule has 0 amide bonds. The lowest BCUT2D eigenvalue weighted by atomic mass is 10.0. The van der Waals surface area contributed by atoms with Gasteiger partial charge in [-0.05, 0) is 54.9 Å². The zero-order valence-corrected chi connectivity index (χ0v) is 15.1. The topological polar surface area (TPSA) is 30.3 Å². The SMILES string of the molecule is Cn1cc(C[C@H]2[C@H](OCC3CC3)CCN2Cc2ccc(F)c(F)c2)cn1. The van der Waals surface area contributed by atoms with Crippen LogP contribution in [0.3, 0.4) is 0 Å². The van der Waals surface area contributed by atoms with Crippen LogP contribution in [0, 0.1) is 17.6 Å². The first kappa shape index (κ1) is 17.6. The Morgan fingerprint density at radius 3 is 2.69 bits per heavy atom. The summed E-state index contributed by atoms with van der Waals surface area (Å²) in [5.74, 6) is -0.853. The number of ether oxygens (including phenoxy) is 1. The zero-order chi connectivity index (χ0) is 18.1. The molecule has 1 aliphatic heterocycles. The molecule has 2 fully saturated rings. The number of aromatic nitrogens is 2. The highest BCUT2D eigenvalue weighted by Gasteiger charge is 2.36. The molecule has 0 unspecified atom stereocenters. The highest BCUT2D eigenvalue weighted by molar-refractivity contribution is 5.18. The van der Waals surface area contributed by atoms with Crippen LogP contribution in [0.1, 0.15) is 30.4 Å². The number of halogens is 2. The predicted octanol–water partition coefficient (Wildman–Crippen LogP) is 3.31. The number of likely N-dealkylation sites (tertiary alicyclic amines) is 1. The molecule has 1 saturated heterocycles. The summed E-state index contributed by atoms with van der Waals surface area (Å²) < 4.78 is 34.8. The third-order valence-electron chi connectivity index (χ3n) is 5.41. The van der Waals surface area contributed by atoms with Crippen LogP contribution in [0.4, 0.5) is 8.78 Å². The number of aryl methyl sites for hydroxylation is 1. The fourth-order valence-corrected chi connectivity index (χ4v) is 3.77. The summed E-state index contributed by atoms with van der Waals surface area (Å²) in [4.78, 5) is 2.33. The van der Waals surface area contributed by atoms with Gasteiger partial charge in [0.2, 0.25) is 0 Å². The number of hydrogen-bond acceptors (Lipinski definition) is 3. The van der Waals surface area contributed by atoms with E-state index in [2.05, 4.69) is 10.00 Å². The molecule has 4 rings (SSSR count). The summed E-state index contributed by atoms with van der Waals surface area (Å²) in [6, 6.07) is 4.40. The van der Waals surface area contributed by atoms with Crippen LogP contribution in [0.15, 0.2) is 30.6 Å². The maximum Gasteiger partial charge on any atom is 0.159 e. The number of rotatable bonds is 7. The second kappa shape index (κ2) is 7.45. The second-order valence-electron chi connectivity index (χ2n) is 7.62. The fraction of sp³-hybridized carbons (Fsp3) is 0.550. The molecule has 2 heterocycles. The Labute approximate surface area is 152 Å². The fourth-order valence-electron chi connectivity index (χ4n) is 3.77. The van der Waals surface area contributed by atoms with Gasteiger partial charge < -0.3 is 4.74 Å². The molecule has 0 bridgehead atoms. The molecule has 1 saturated carbocycles. The number of hydrogen-bond donors (Lipinski definition) is 0. The minimum atomic E-state index is -0.798. The molecule has 1 aromatic heterocycles. The maximum atomic E-state index is 13.6. The van der Waals surface area contributed by atoms with Crippen molar-refractivity contribution in [1.29, 1.82) is 0 Å². The summed E-state index contributed by atoms with van der Waals surface area (Å²) in [6.45, 7) is 2.35. The average molecular weight is 361 g/mol. The van der Waals surface area contributed by atoms with Crippen LogP contribution in [0.2, 0.25) is 0 Å². The molecular formula is C20H25F2N3O. The number of nitrogens with zero attached hydrogens (tertiary/aromatic N) is 3. The van der Waals surface area contributed by atoms with E-state index in [0.717, 1.165) is 37.5 Å². The Bertz CT molecular complexity index is 759. The molecule has 1 aromatic carbocycles. The van der Waals surface area contributed by atoms with Gasteiger partial charge in [-0.2, -0.15) is 5.10 Å². The Kier molecular flexibility index (Phi) is 5.05. The summed E-state index contributed by atoms with van der Waals surface area (Å²) in [5.41, 5.74) is 1.97. The van der Waals surface area contributed by atoms with Gasteiger partial charge in [0.1, 0.15) is 0 Å². The van der Waals surface area contributed by atoms with E-state index in [1.165, 1.54) is 30.5 Å². The smallest absolute Gasteiger partial charge is 0.159 e. The van der Waals surface area contributed by atoms with Gasteiger partial charge in [-0.25, -0.2) is 8.78 Å². The summed E-state index contributed by atoms with van der Waals surface area (Å²) in [5, 5.41) is 4.26. The first-order valence-electron chi connectivity index (χ1n) is 9.35. The summed E-state index contributed by atoms with van der Waals surface area (Å²) in [6.07, 6.45) is 8.49. The first-order chi connectivity index (χ1) is 12.6. The van der Waals surface area contributed by atoms with Crippen molar-refractivity contribution in [3.05, 3.63) is 53.4 Å². The van der Waals surface area contributed by atoms with E-state index in [9.17, 15) is 8.78 Å². The van der Waals surface area contributed by atoms with Gasteiger partial charge in [0.15, 0.2) is 11.6 Å².